The summed E-state index contributed by atoms with van der Waals surface area (Å²) in [7, 11) is 0. The van der Waals surface area contributed by atoms with Gasteiger partial charge in [-0.05, 0) is 43.3 Å². The van der Waals surface area contributed by atoms with Gasteiger partial charge in [0.2, 0.25) is 5.43 Å². The standard InChI is InChI=1S/C22H20F3N3O5S/c1-2-32-21(30)12-4-3-5-18(29)17(8-12)27-16-7-6-13(9-15(16)23)28-11-14(33-22(28)31)10-26-20(34)19(24)25/h3-9,14,19H,2,10-11H2,1H3,(H,26,34)(H,27,29)/t14-/m0/s1. The molecule has 0 unspecified atom stereocenters. The van der Waals surface area contributed by atoms with E-state index in [-0.39, 0.29) is 42.3 Å². The van der Waals surface area contributed by atoms with Crippen LogP contribution in [-0.2, 0) is 9.47 Å². The van der Waals surface area contributed by atoms with Gasteiger partial charge >= 0.3 is 12.1 Å². The summed E-state index contributed by atoms with van der Waals surface area (Å²) in [6.07, 6.45) is -4.36. The Morgan fingerprint density at radius 3 is 2.68 bits per heavy atom. The summed E-state index contributed by atoms with van der Waals surface area (Å²) < 4.78 is 49.8. The van der Waals surface area contributed by atoms with Gasteiger partial charge in [0.05, 0.1) is 42.3 Å². The SMILES string of the molecule is CCOC(=O)c1cccc(=O)c(Nc2ccc(N3C[C@H](CNC(=S)C(F)F)OC3=O)cc2F)c1. The number of carbonyl (C=O) groups is 2. The third kappa shape index (κ3) is 6.01. The maximum Gasteiger partial charge on any atom is 0.414 e. The van der Waals surface area contributed by atoms with Crippen molar-refractivity contribution in [1.29, 1.82) is 0 Å². The Morgan fingerprint density at radius 1 is 1.24 bits per heavy atom. The van der Waals surface area contributed by atoms with Gasteiger partial charge in [0.15, 0.2) is 0 Å². The number of halogens is 3. The van der Waals surface area contributed by atoms with Crippen molar-refractivity contribution in [2.24, 2.45) is 0 Å². The van der Waals surface area contributed by atoms with E-state index in [1.807, 2.05) is 0 Å². The van der Waals surface area contributed by atoms with Crippen LogP contribution in [0.5, 0.6) is 0 Å². The summed E-state index contributed by atoms with van der Waals surface area (Å²) in [5, 5.41) is 4.98. The number of esters is 1. The lowest BCUT2D eigenvalue weighted by Crippen LogP contribution is -2.36. The number of hydrogen-bond acceptors (Lipinski definition) is 7. The number of benzene rings is 1. The molecule has 8 nitrogen and oxygen atoms in total. The highest BCUT2D eigenvalue weighted by Gasteiger charge is 2.33. The van der Waals surface area contributed by atoms with Gasteiger partial charge in [-0.25, -0.2) is 22.8 Å². The molecule has 1 heterocycles. The van der Waals surface area contributed by atoms with Crippen molar-refractivity contribution in [3.05, 3.63) is 64.1 Å². The van der Waals surface area contributed by atoms with E-state index in [1.54, 1.807) is 6.92 Å². The Bertz CT molecular complexity index is 1160. The van der Waals surface area contributed by atoms with Crippen molar-refractivity contribution in [1.82, 2.24) is 5.32 Å². The molecule has 2 N–H and O–H groups in total. The average Bonchev–Trinajstić information content (AvgIpc) is 3.06. The van der Waals surface area contributed by atoms with Gasteiger partial charge in [-0.1, -0.05) is 18.3 Å². The first kappa shape index (κ1) is 25.0. The molecule has 12 heteroatoms. The molecule has 1 amide bonds. The number of anilines is 3. The Balaban J connectivity index is 1.75. The number of rotatable bonds is 8. The van der Waals surface area contributed by atoms with Gasteiger partial charge in [0, 0.05) is 0 Å². The van der Waals surface area contributed by atoms with Crippen LogP contribution in [0.25, 0.3) is 0 Å². The van der Waals surface area contributed by atoms with Crippen LogP contribution in [-0.4, -0.2) is 49.3 Å². The maximum absolute atomic E-state index is 14.8. The Hall–Kier alpha value is -3.67. The molecule has 2 aromatic carbocycles. The fourth-order valence-electron chi connectivity index (χ4n) is 3.09. The predicted molar refractivity (Wildman–Crippen MR) is 123 cm³/mol. The summed E-state index contributed by atoms with van der Waals surface area (Å²) in [4.78, 5) is 37.0. The Kier molecular flexibility index (Phi) is 8.05. The third-order valence-electron chi connectivity index (χ3n) is 4.71. The largest absolute Gasteiger partial charge is 0.462 e. The van der Waals surface area contributed by atoms with Gasteiger partial charge in [-0.2, -0.15) is 0 Å². The summed E-state index contributed by atoms with van der Waals surface area (Å²) in [6.45, 7) is 1.66. The zero-order chi connectivity index (χ0) is 24.8. The number of carbonyl (C=O) groups excluding carboxylic acids is 2. The summed E-state index contributed by atoms with van der Waals surface area (Å²) in [6, 6.07) is 9.05. The summed E-state index contributed by atoms with van der Waals surface area (Å²) in [5.41, 5.74) is -0.343. The first-order valence-corrected chi connectivity index (χ1v) is 10.5. The minimum Gasteiger partial charge on any atom is -0.462 e. The van der Waals surface area contributed by atoms with Gasteiger partial charge in [0.25, 0.3) is 6.43 Å². The van der Waals surface area contributed by atoms with Crippen LogP contribution in [0.15, 0.2) is 47.3 Å². The van der Waals surface area contributed by atoms with E-state index in [9.17, 15) is 27.6 Å². The lowest BCUT2D eigenvalue weighted by molar-refractivity contribution is 0.0526. The molecule has 0 bridgehead atoms. The first-order chi connectivity index (χ1) is 16.2. The second-order valence-corrected chi connectivity index (χ2v) is 7.52. The van der Waals surface area contributed by atoms with E-state index in [0.717, 1.165) is 11.0 Å². The molecule has 0 aromatic heterocycles. The van der Waals surface area contributed by atoms with E-state index in [1.165, 1.54) is 36.4 Å². The topological polar surface area (TPSA) is 97.0 Å². The average molecular weight is 495 g/mol. The molecule has 3 rings (SSSR count). The van der Waals surface area contributed by atoms with Crippen molar-refractivity contribution in [2.75, 3.05) is 29.9 Å². The highest BCUT2D eigenvalue weighted by Crippen LogP contribution is 2.27. The molecule has 1 saturated heterocycles. The monoisotopic (exact) mass is 495 g/mol. The lowest BCUT2D eigenvalue weighted by Gasteiger charge is -2.15. The minimum atomic E-state index is -2.83. The molecule has 0 radical (unpaired) electrons. The van der Waals surface area contributed by atoms with Crippen LogP contribution in [0, 0.1) is 5.82 Å². The number of cyclic esters (lactones) is 1. The van der Waals surface area contributed by atoms with Gasteiger partial charge in [0.1, 0.15) is 16.9 Å². The normalized spacial score (nSPS) is 15.1. The Labute approximate surface area is 197 Å². The molecule has 0 saturated carbocycles. The fraction of sp³-hybridized carbons (Fsp3) is 0.273. The number of alkyl halides is 2. The molecular weight excluding hydrogens is 475 g/mol. The molecule has 1 fully saturated rings. The zero-order valence-corrected chi connectivity index (χ0v) is 18.7. The van der Waals surface area contributed by atoms with Gasteiger partial charge in [-0.3, -0.25) is 9.69 Å². The number of thiocarbonyl (C=S) groups is 1. The van der Waals surface area contributed by atoms with E-state index in [0.29, 0.717) is 0 Å². The lowest BCUT2D eigenvalue weighted by atomic mass is 10.2. The van der Waals surface area contributed by atoms with Crippen molar-refractivity contribution in [3.63, 3.8) is 0 Å². The Morgan fingerprint density at radius 2 is 2.00 bits per heavy atom. The van der Waals surface area contributed by atoms with Crippen LogP contribution in [0.4, 0.5) is 35.0 Å². The van der Waals surface area contributed by atoms with E-state index in [4.69, 9.17) is 9.47 Å². The minimum absolute atomic E-state index is 0.00791. The van der Waals surface area contributed by atoms with E-state index in [2.05, 4.69) is 22.9 Å². The number of amides is 1. The van der Waals surface area contributed by atoms with Crippen LogP contribution < -0.4 is 21.0 Å². The number of nitrogens with one attached hydrogen (secondary N) is 2. The van der Waals surface area contributed by atoms with Crippen molar-refractivity contribution in [2.45, 2.75) is 19.5 Å². The van der Waals surface area contributed by atoms with Crippen molar-refractivity contribution in [3.8, 4) is 0 Å². The number of nitrogens with zero attached hydrogens (tertiary/aromatic N) is 1. The highest BCUT2D eigenvalue weighted by molar-refractivity contribution is 7.80. The summed E-state index contributed by atoms with van der Waals surface area (Å²) in [5.74, 6) is -1.42. The first-order valence-electron chi connectivity index (χ1n) is 10.1. The maximum atomic E-state index is 14.8. The molecule has 180 valence electrons. The second-order valence-electron chi connectivity index (χ2n) is 7.08. The molecule has 2 aromatic rings. The second kappa shape index (κ2) is 11.0. The summed E-state index contributed by atoms with van der Waals surface area (Å²) >= 11 is 4.48. The van der Waals surface area contributed by atoms with Gasteiger partial charge < -0.3 is 20.1 Å². The molecule has 1 atom stereocenters. The van der Waals surface area contributed by atoms with Crippen LogP contribution in [0.1, 0.15) is 17.3 Å². The molecule has 1 aliphatic rings. The van der Waals surface area contributed by atoms with Gasteiger partial charge in [-0.15, -0.1) is 0 Å². The molecule has 0 aliphatic carbocycles. The van der Waals surface area contributed by atoms with Crippen molar-refractivity contribution < 1.29 is 32.2 Å². The molecule has 0 spiro atoms. The van der Waals surface area contributed by atoms with Crippen LogP contribution >= 0.6 is 12.2 Å². The third-order valence-corrected chi connectivity index (χ3v) is 5.03. The quantitative estimate of drug-likeness (QED) is 0.424. The van der Waals surface area contributed by atoms with Crippen LogP contribution in [0.2, 0.25) is 0 Å². The molecule has 34 heavy (non-hydrogen) atoms. The van der Waals surface area contributed by atoms with Crippen molar-refractivity contribution >= 4 is 46.3 Å². The molecular formula is C22H20F3N3O5S. The highest BCUT2D eigenvalue weighted by atomic mass is 32.1. The van der Waals surface area contributed by atoms with E-state index >= 15 is 0 Å². The number of hydrogen-bond donors (Lipinski definition) is 2. The predicted octanol–water partition coefficient (Wildman–Crippen LogP) is 3.61. The fourth-order valence-corrected chi connectivity index (χ4v) is 3.17. The van der Waals surface area contributed by atoms with Crippen LogP contribution in [0.3, 0.4) is 0 Å². The number of ether oxygens (including phenoxy) is 2. The molecule has 1 aliphatic heterocycles. The smallest absolute Gasteiger partial charge is 0.414 e. The zero-order valence-electron chi connectivity index (χ0n) is 17.8. The van der Waals surface area contributed by atoms with E-state index < -0.39 is 40.8 Å².